The van der Waals surface area contributed by atoms with E-state index in [2.05, 4.69) is 22.6 Å². The summed E-state index contributed by atoms with van der Waals surface area (Å²) in [6, 6.07) is 0.154. The van der Waals surface area contributed by atoms with Gasteiger partial charge in [0.15, 0.2) is 0 Å². The molecule has 0 radical (unpaired) electrons. The van der Waals surface area contributed by atoms with Crippen molar-refractivity contribution in [2.24, 2.45) is 11.7 Å². The summed E-state index contributed by atoms with van der Waals surface area (Å²) in [6.07, 6.45) is 8.35. The fraction of sp³-hybridized carbons (Fsp3) is 0.800. The molecule has 1 aromatic rings. The van der Waals surface area contributed by atoms with Crippen molar-refractivity contribution in [1.29, 1.82) is 0 Å². The maximum Gasteiger partial charge on any atom is 0.125 e. The van der Waals surface area contributed by atoms with Crippen molar-refractivity contribution in [2.75, 3.05) is 19.6 Å². The normalized spacial score (nSPS) is 28.3. The molecule has 0 aromatic carbocycles. The van der Waals surface area contributed by atoms with Gasteiger partial charge >= 0.3 is 0 Å². The highest BCUT2D eigenvalue weighted by Crippen LogP contribution is 2.25. The smallest absolute Gasteiger partial charge is 0.125 e. The van der Waals surface area contributed by atoms with Crippen LogP contribution in [-0.4, -0.2) is 34.1 Å². The van der Waals surface area contributed by atoms with Crippen LogP contribution in [-0.2, 0) is 13.0 Å². The molecular formula is C15H26N4. The van der Waals surface area contributed by atoms with Crippen LogP contribution in [0.5, 0.6) is 0 Å². The summed E-state index contributed by atoms with van der Waals surface area (Å²) < 4.78 is 2.28. The molecule has 3 heterocycles. The molecule has 0 bridgehead atoms. The average molecular weight is 262 g/mol. The summed E-state index contributed by atoms with van der Waals surface area (Å²) in [7, 11) is 0. The third-order valence-electron chi connectivity index (χ3n) is 4.65. The number of hydrogen-bond donors (Lipinski definition) is 1. The summed E-state index contributed by atoms with van der Waals surface area (Å²) in [4.78, 5) is 7.36. The maximum absolute atomic E-state index is 6.14. The van der Waals surface area contributed by atoms with Crippen LogP contribution in [0, 0.1) is 5.92 Å². The predicted octanol–water partition coefficient (Wildman–Crippen LogP) is 1.95. The first-order valence-electron chi connectivity index (χ1n) is 7.80. The molecule has 3 rings (SSSR count). The molecule has 0 amide bonds. The number of hydrogen-bond acceptors (Lipinski definition) is 3. The largest absolute Gasteiger partial charge is 0.333 e. The Bertz CT molecular complexity index is 426. The molecule has 2 aliphatic heterocycles. The first-order chi connectivity index (χ1) is 9.26. The molecule has 2 unspecified atom stereocenters. The highest BCUT2D eigenvalue weighted by molar-refractivity contribution is 5.10. The van der Waals surface area contributed by atoms with E-state index in [9.17, 15) is 0 Å². The van der Waals surface area contributed by atoms with E-state index in [0.717, 1.165) is 31.1 Å². The zero-order valence-corrected chi connectivity index (χ0v) is 12.0. The van der Waals surface area contributed by atoms with E-state index in [1.165, 1.54) is 44.6 Å². The van der Waals surface area contributed by atoms with Crippen molar-refractivity contribution in [2.45, 2.75) is 51.6 Å². The minimum Gasteiger partial charge on any atom is -0.333 e. The van der Waals surface area contributed by atoms with Crippen molar-refractivity contribution in [1.82, 2.24) is 14.5 Å². The van der Waals surface area contributed by atoms with Crippen molar-refractivity contribution >= 4 is 0 Å². The second kappa shape index (κ2) is 5.63. The van der Waals surface area contributed by atoms with Crippen LogP contribution in [0.2, 0.25) is 0 Å². The van der Waals surface area contributed by atoms with Gasteiger partial charge in [-0.3, -0.25) is 0 Å². The van der Waals surface area contributed by atoms with Gasteiger partial charge in [-0.15, -0.1) is 0 Å². The van der Waals surface area contributed by atoms with Crippen LogP contribution in [0.25, 0.3) is 0 Å². The molecule has 1 aromatic heterocycles. The molecular weight excluding hydrogens is 236 g/mol. The third-order valence-corrected chi connectivity index (χ3v) is 4.65. The van der Waals surface area contributed by atoms with Crippen LogP contribution in [0.3, 0.4) is 0 Å². The number of nitrogens with zero attached hydrogens (tertiary/aromatic N) is 3. The number of aryl methyl sites for hydroxylation is 1. The van der Waals surface area contributed by atoms with E-state index in [1.54, 1.807) is 0 Å². The Kier molecular flexibility index (Phi) is 3.89. The lowest BCUT2D eigenvalue weighted by atomic mass is 9.94. The van der Waals surface area contributed by atoms with Gasteiger partial charge in [0.1, 0.15) is 5.82 Å². The Morgan fingerprint density at radius 1 is 1.32 bits per heavy atom. The first-order valence-corrected chi connectivity index (χ1v) is 7.80. The SMILES string of the molecule is CCN1CCCC(Cc2cn3c(n2)C(N)CCC3)C1. The van der Waals surface area contributed by atoms with Crippen LogP contribution >= 0.6 is 0 Å². The second-order valence-corrected chi connectivity index (χ2v) is 6.14. The maximum atomic E-state index is 6.14. The number of piperidine rings is 1. The molecule has 0 spiro atoms. The molecule has 19 heavy (non-hydrogen) atoms. The van der Waals surface area contributed by atoms with E-state index >= 15 is 0 Å². The summed E-state index contributed by atoms with van der Waals surface area (Å²) in [5, 5.41) is 0. The Balaban J connectivity index is 1.66. The number of rotatable bonds is 3. The Hall–Kier alpha value is -0.870. The average Bonchev–Trinajstić information content (AvgIpc) is 2.83. The molecule has 0 aliphatic carbocycles. The van der Waals surface area contributed by atoms with Gasteiger partial charge in [-0.2, -0.15) is 0 Å². The molecule has 1 saturated heterocycles. The van der Waals surface area contributed by atoms with E-state index in [0.29, 0.717) is 0 Å². The number of likely N-dealkylation sites (tertiary alicyclic amines) is 1. The van der Waals surface area contributed by atoms with Gasteiger partial charge in [0.05, 0.1) is 11.7 Å². The van der Waals surface area contributed by atoms with Gasteiger partial charge in [-0.05, 0) is 51.1 Å². The predicted molar refractivity (Wildman–Crippen MR) is 76.9 cm³/mol. The topological polar surface area (TPSA) is 47.1 Å². The number of imidazole rings is 1. The third kappa shape index (κ3) is 2.84. The Morgan fingerprint density at radius 2 is 2.16 bits per heavy atom. The fourth-order valence-corrected chi connectivity index (χ4v) is 3.57. The van der Waals surface area contributed by atoms with Gasteiger partial charge in [0, 0.05) is 19.3 Å². The lowest BCUT2D eigenvalue weighted by Gasteiger charge is -2.31. The van der Waals surface area contributed by atoms with Gasteiger partial charge in [0.25, 0.3) is 0 Å². The molecule has 4 nitrogen and oxygen atoms in total. The van der Waals surface area contributed by atoms with Crippen molar-refractivity contribution in [3.05, 3.63) is 17.7 Å². The van der Waals surface area contributed by atoms with Gasteiger partial charge in [-0.1, -0.05) is 6.92 Å². The van der Waals surface area contributed by atoms with E-state index < -0.39 is 0 Å². The van der Waals surface area contributed by atoms with Crippen LogP contribution in [0.15, 0.2) is 6.20 Å². The standard InChI is InChI=1S/C15H26N4/c1-2-18-7-3-5-12(10-18)9-13-11-19-8-4-6-14(16)15(19)17-13/h11-12,14H,2-10,16H2,1H3. The van der Waals surface area contributed by atoms with Crippen LogP contribution < -0.4 is 5.73 Å². The summed E-state index contributed by atoms with van der Waals surface area (Å²) in [6.45, 7) is 7.06. The quantitative estimate of drug-likeness (QED) is 0.905. The molecule has 106 valence electrons. The molecule has 2 aliphatic rings. The minimum absolute atomic E-state index is 0.154. The molecule has 4 heteroatoms. The van der Waals surface area contributed by atoms with Crippen LogP contribution in [0.4, 0.5) is 0 Å². The lowest BCUT2D eigenvalue weighted by molar-refractivity contribution is 0.181. The Morgan fingerprint density at radius 3 is 2.95 bits per heavy atom. The highest BCUT2D eigenvalue weighted by Gasteiger charge is 2.23. The number of nitrogens with two attached hydrogens (primary N) is 1. The Labute approximate surface area is 116 Å². The molecule has 0 saturated carbocycles. The second-order valence-electron chi connectivity index (χ2n) is 6.14. The minimum atomic E-state index is 0.154. The van der Waals surface area contributed by atoms with E-state index in [4.69, 9.17) is 10.7 Å². The van der Waals surface area contributed by atoms with Crippen LogP contribution in [0.1, 0.15) is 50.2 Å². The zero-order chi connectivity index (χ0) is 13.2. The monoisotopic (exact) mass is 262 g/mol. The van der Waals surface area contributed by atoms with Gasteiger partial charge < -0.3 is 15.2 Å². The number of fused-ring (bicyclic) bond motifs is 1. The highest BCUT2D eigenvalue weighted by atomic mass is 15.1. The van der Waals surface area contributed by atoms with Crippen molar-refractivity contribution in [3.63, 3.8) is 0 Å². The fourth-order valence-electron chi connectivity index (χ4n) is 3.57. The molecule has 2 N–H and O–H groups in total. The van der Waals surface area contributed by atoms with E-state index in [1.807, 2.05) is 0 Å². The summed E-state index contributed by atoms with van der Waals surface area (Å²) in [5.41, 5.74) is 7.40. The van der Waals surface area contributed by atoms with Crippen molar-refractivity contribution in [3.8, 4) is 0 Å². The molecule has 1 fully saturated rings. The lowest BCUT2D eigenvalue weighted by Crippen LogP contribution is -2.35. The first kappa shape index (κ1) is 13.1. The van der Waals surface area contributed by atoms with E-state index in [-0.39, 0.29) is 6.04 Å². The number of aromatic nitrogens is 2. The summed E-state index contributed by atoms with van der Waals surface area (Å²) >= 11 is 0. The van der Waals surface area contributed by atoms with Crippen molar-refractivity contribution < 1.29 is 0 Å². The van der Waals surface area contributed by atoms with Gasteiger partial charge in [-0.25, -0.2) is 4.98 Å². The molecule has 2 atom stereocenters. The zero-order valence-electron chi connectivity index (χ0n) is 12.0. The van der Waals surface area contributed by atoms with Gasteiger partial charge in [0.2, 0.25) is 0 Å². The summed E-state index contributed by atoms with van der Waals surface area (Å²) in [5.74, 6) is 1.89.